The Hall–Kier alpha value is -2.68. The maximum Gasteiger partial charge on any atom is 0.418 e. The van der Waals surface area contributed by atoms with Gasteiger partial charge in [0.2, 0.25) is 0 Å². The SMILES string of the molecule is O=C1NC(=Nc2ccccc2C(F)(F)F)S/C1=C/c1ccc(-c2cc(Cl)ccc2Cl)o1. The van der Waals surface area contributed by atoms with E-state index >= 15 is 0 Å². The van der Waals surface area contributed by atoms with Crippen LogP contribution in [0.2, 0.25) is 10.0 Å². The lowest BCUT2D eigenvalue weighted by Crippen LogP contribution is -2.19. The van der Waals surface area contributed by atoms with E-state index in [1.54, 1.807) is 30.3 Å². The minimum atomic E-state index is -4.56. The van der Waals surface area contributed by atoms with Crippen LogP contribution in [0.5, 0.6) is 0 Å². The summed E-state index contributed by atoms with van der Waals surface area (Å²) in [6, 6.07) is 13.1. The van der Waals surface area contributed by atoms with Crippen LogP contribution < -0.4 is 5.32 Å². The zero-order valence-corrected chi connectivity index (χ0v) is 17.7. The quantitative estimate of drug-likeness (QED) is 0.402. The molecule has 1 amide bonds. The standard InChI is InChI=1S/C21H11Cl2F3N2O2S/c22-11-5-7-15(23)13(9-11)17-8-6-12(30-17)10-18-19(29)28-20(31-18)27-16-4-2-1-3-14(16)21(24,25)26/h1-10H,(H,27,28,29)/b18-10+. The zero-order valence-electron chi connectivity index (χ0n) is 15.3. The normalized spacial score (nSPS) is 16.9. The second-order valence-electron chi connectivity index (χ2n) is 6.32. The number of hydrogen-bond acceptors (Lipinski definition) is 4. The molecular weight excluding hydrogens is 472 g/mol. The third-order valence-corrected chi connectivity index (χ3v) is 5.65. The summed E-state index contributed by atoms with van der Waals surface area (Å²) in [4.78, 5) is 16.4. The number of amides is 1. The molecular formula is C21H11Cl2F3N2O2S. The predicted molar refractivity (Wildman–Crippen MR) is 116 cm³/mol. The van der Waals surface area contributed by atoms with Crippen LogP contribution in [-0.4, -0.2) is 11.1 Å². The van der Waals surface area contributed by atoms with Crippen LogP contribution >= 0.6 is 35.0 Å². The summed E-state index contributed by atoms with van der Waals surface area (Å²) in [6.45, 7) is 0. The second kappa shape index (κ2) is 8.45. The van der Waals surface area contributed by atoms with Crippen molar-refractivity contribution in [1.29, 1.82) is 0 Å². The lowest BCUT2D eigenvalue weighted by Gasteiger charge is -2.09. The zero-order chi connectivity index (χ0) is 22.2. The average molecular weight is 483 g/mol. The van der Waals surface area contributed by atoms with E-state index < -0.39 is 17.6 Å². The molecule has 2 heterocycles. The smallest absolute Gasteiger partial charge is 0.418 e. The molecule has 1 N–H and O–H groups in total. The molecule has 0 atom stereocenters. The van der Waals surface area contributed by atoms with Crippen molar-refractivity contribution in [1.82, 2.24) is 5.32 Å². The van der Waals surface area contributed by atoms with Crippen LogP contribution in [0.4, 0.5) is 18.9 Å². The highest BCUT2D eigenvalue weighted by Gasteiger charge is 2.34. The Kier molecular flexibility index (Phi) is 5.88. The molecule has 1 aromatic heterocycles. The molecule has 31 heavy (non-hydrogen) atoms. The van der Waals surface area contributed by atoms with E-state index in [1.165, 1.54) is 24.3 Å². The van der Waals surface area contributed by atoms with Crippen LogP contribution in [0.25, 0.3) is 17.4 Å². The van der Waals surface area contributed by atoms with Crippen LogP contribution in [0.15, 0.2) is 68.9 Å². The number of rotatable bonds is 3. The van der Waals surface area contributed by atoms with Crippen molar-refractivity contribution in [3.8, 4) is 11.3 Å². The molecule has 4 rings (SSSR count). The van der Waals surface area contributed by atoms with Gasteiger partial charge in [0.25, 0.3) is 5.91 Å². The Morgan fingerprint density at radius 2 is 1.84 bits per heavy atom. The number of hydrogen-bond donors (Lipinski definition) is 1. The average Bonchev–Trinajstić information content (AvgIpc) is 3.30. The van der Waals surface area contributed by atoms with E-state index in [4.69, 9.17) is 27.6 Å². The lowest BCUT2D eigenvalue weighted by atomic mass is 10.2. The molecule has 0 aliphatic carbocycles. The number of carbonyl (C=O) groups is 1. The first kappa shape index (κ1) is 21.5. The number of nitrogens with zero attached hydrogens (tertiary/aromatic N) is 1. The fourth-order valence-electron chi connectivity index (χ4n) is 2.79. The van der Waals surface area contributed by atoms with Crippen molar-refractivity contribution >= 4 is 57.8 Å². The second-order valence-corrected chi connectivity index (χ2v) is 8.20. The summed E-state index contributed by atoms with van der Waals surface area (Å²) in [5.41, 5.74) is -0.577. The van der Waals surface area contributed by atoms with Crippen LogP contribution in [0, 0.1) is 0 Å². The summed E-state index contributed by atoms with van der Waals surface area (Å²) in [5, 5.41) is 3.44. The number of halogens is 5. The fraction of sp³-hybridized carbons (Fsp3) is 0.0476. The van der Waals surface area contributed by atoms with E-state index in [1.807, 2.05) is 0 Å². The van der Waals surface area contributed by atoms with Gasteiger partial charge in [-0.1, -0.05) is 35.3 Å². The van der Waals surface area contributed by atoms with Crippen molar-refractivity contribution in [2.75, 3.05) is 0 Å². The maximum absolute atomic E-state index is 13.2. The molecule has 0 saturated carbocycles. The number of alkyl halides is 3. The first-order chi connectivity index (χ1) is 14.7. The van der Waals surface area contributed by atoms with Gasteiger partial charge in [-0.25, -0.2) is 4.99 Å². The Bertz CT molecular complexity index is 1240. The van der Waals surface area contributed by atoms with Crippen LogP contribution in [0.3, 0.4) is 0 Å². The van der Waals surface area contributed by atoms with Gasteiger partial charge in [-0.15, -0.1) is 0 Å². The first-order valence-corrected chi connectivity index (χ1v) is 10.3. The number of para-hydroxylation sites is 1. The molecule has 158 valence electrons. The highest BCUT2D eigenvalue weighted by Crippen LogP contribution is 2.38. The molecule has 2 aromatic carbocycles. The molecule has 0 spiro atoms. The Morgan fingerprint density at radius 3 is 2.61 bits per heavy atom. The first-order valence-electron chi connectivity index (χ1n) is 8.72. The molecule has 4 nitrogen and oxygen atoms in total. The Balaban J connectivity index is 1.59. The maximum atomic E-state index is 13.2. The minimum absolute atomic E-state index is 0.0395. The number of benzene rings is 2. The van der Waals surface area contributed by atoms with Gasteiger partial charge in [-0.05, 0) is 54.2 Å². The van der Waals surface area contributed by atoms with Gasteiger partial charge in [0.05, 0.1) is 21.2 Å². The monoisotopic (exact) mass is 482 g/mol. The van der Waals surface area contributed by atoms with E-state index in [0.717, 1.165) is 17.8 Å². The third-order valence-electron chi connectivity index (χ3n) is 4.18. The van der Waals surface area contributed by atoms with Gasteiger partial charge in [0.1, 0.15) is 11.5 Å². The molecule has 10 heteroatoms. The van der Waals surface area contributed by atoms with Gasteiger partial charge >= 0.3 is 6.18 Å². The van der Waals surface area contributed by atoms with E-state index in [0.29, 0.717) is 27.1 Å². The van der Waals surface area contributed by atoms with Crippen LogP contribution in [-0.2, 0) is 11.0 Å². The summed E-state index contributed by atoms with van der Waals surface area (Å²) < 4.78 is 45.2. The number of carbonyl (C=O) groups excluding carboxylic acids is 1. The molecule has 1 saturated heterocycles. The van der Waals surface area contributed by atoms with Gasteiger partial charge < -0.3 is 9.73 Å². The van der Waals surface area contributed by atoms with Gasteiger partial charge in [-0.2, -0.15) is 13.2 Å². The fourth-order valence-corrected chi connectivity index (χ4v) is 3.99. The Morgan fingerprint density at radius 1 is 1.06 bits per heavy atom. The molecule has 1 aliphatic rings. The summed E-state index contributed by atoms with van der Waals surface area (Å²) >= 11 is 13.1. The lowest BCUT2D eigenvalue weighted by molar-refractivity contribution is -0.137. The molecule has 1 fully saturated rings. The van der Waals surface area contributed by atoms with E-state index in [-0.39, 0.29) is 15.8 Å². The number of thioether (sulfide) groups is 1. The van der Waals surface area contributed by atoms with Crippen molar-refractivity contribution < 1.29 is 22.4 Å². The summed E-state index contributed by atoms with van der Waals surface area (Å²) in [7, 11) is 0. The molecule has 3 aromatic rings. The van der Waals surface area contributed by atoms with Crippen LogP contribution in [0.1, 0.15) is 11.3 Å². The summed E-state index contributed by atoms with van der Waals surface area (Å²) in [6.07, 6.45) is -3.08. The molecule has 1 aliphatic heterocycles. The van der Waals surface area contributed by atoms with Crippen molar-refractivity contribution in [3.05, 3.63) is 80.9 Å². The highest BCUT2D eigenvalue weighted by atomic mass is 35.5. The Labute approximate surface area is 188 Å². The predicted octanol–water partition coefficient (Wildman–Crippen LogP) is 7.16. The summed E-state index contributed by atoms with van der Waals surface area (Å²) in [5.74, 6) is 0.323. The number of aliphatic imine (C=N–C) groups is 1. The molecule has 0 unspecified atom stereocenters. The van der Waals surface area contributed by atoms with Gasteiger partial charge in [0, 0.05) is 16.7 Å². The molecule has 0 bridgehead atoms. The van der Waals surface area contributed by atoms with Gasteiger partial charge in [0.15, 0.2) is 5.17 Å². The van der Waals surface area contributed by atoms with Crippen molar-refractivity contribution in [2.45, 2.75) is 6.18 Å². The minimum Gasteiger partial charge on any atom is -0.457 e. The van der Waals surface area contributed by atoms with E-state index in [2.05, 4.69) is 10.3 Å². The largest absolute Gasteiger partial charge is 0.457 e. The number of amidine groups is 1. The third kappa shape index (κ3) is 4.81. The van der Waals surface area contributed by atoms with Crippen molar-refractivity contribution in [2.24, 2.45) is 4.99 Å². The number of nitrogens with one attached hydrogen (secondary N) is 1. The topological polar surface area (TPSA) is 54.6 Å². The number of furan rings is 1. The van der Waals surface area contributed by atoms with E-state index in [9.17, 15) is 18.0 Å². The van der Waals surface area contributed by atoms with Gasteiger partial charge in [-0.3, -0.25) is 4.79 Å². The highest BCUT2D eigenvalue weighted by molar-refractivity contribution is 8.18. The molecule has 0 radical (unpaired) electrons. The van der Waals surface area contributed by atoms with Crippen molar-refractivity contribution in [3.63, 3.8) is 0 Å².